The second kappa shape index (κ2) is 6.12. The van der Waals surface area contributed by atoms with Gasteiger partial charge in [-0.2, -0.15) is 0 Å². The van der Waals surface area contributed by atoms with Crippen LogP contribution in [0.2, 0.25) is 5.02 Å². The highest BCUT2D eigenvalue weighted by Gasteiger charge is 2.11. The Morgan fingerprint density at radius 2 is 1.95 bits per heavy atom. The van der Waals surface area contributed by atoms with Crippen molar-refractivity contribution in [2.24, 2.45) is 5.73 Å². The molecule has 0 radical (unpaired) electrons. The molecule has 5 heteroatoms. The second-order valence-electron chi connectivity index (χ2n) is 4.57. The SMILES string of the molecule is Cc1cc(Br)c(Nc2c(C)cccc2C(N)=S)cc1Cl. The topological polar surface area (TPSA) is 38.0 Å². The number of para-hydroxylation sites is 1. The van der Waals surface area contributed by atoms with Crippen LogP contribution in [-0.4, -0.2) is 4.99 Å². The first-order valence-electron chi connectivity index (χ1n) is 6.02. The molecular formula is C15H14BrClN2S. The van der Waals surface area contributed by atoms with E-state index in [2.05, 4.69) is 21.2 Å². The number of hydrogen-bond donors (Lipinski definition) is 2. The van der Waals surface area contributed by atoms with Gasteiger partial charge in [0.25, 0.3) is 0 Å². The smallest absolute Gasteiger partial charge is 0.106 e. The largest absolute Gasteiger partial charge is 0.389 e. The molecule has 0 fully saturated rings. The van der Waals surface area contributed by atoms with E-state index in [1.807, 2.05) is 44.2 Å². The van der Waals surface area contributed by atoms with Gasteiger partial charge in [0.05, 0.1) is 11.4 Å². The lowest BCUT2D eigenvalue weighted by atomic mass is 10.1. The number of nitrogens with two attached hydrogens (primary N) is 1. The molecule has 0 saturated carbocycles. The summed E-state index contributed by atoms with van der Waals surface area (Å²) in [5, 5.41) is 4.07. The van der Waals surface area contributed by atoms with Gasteiger partial charge in [0.15, 0.2) is 0 Å². The molecule has 0 atom stereocenters. The maximum absolute atomic E-state index is 6.18. The van der Waals surface area contributed by atoms with E-state index in [0.717, 1.165) is 32.5 Å². The second-order valence-corrected chi connectivity index (χ2v) is 6.27. The fourth-order valence-corrected chi connectivity index (χ4v) is 2.81. The molecule has 2 rings (SSSR count). The van der Waals surface area contributed by atoms with Gasteiger partial charge in [-0.1, -0.05) is 36.0 Å². The van der Waals surface area contributed by atoms with E-state index in [0.29, 0.717) is 10.0 Å². The van der Waals surface area contributed by atoms with Crippen molar-refractivity contribution in [2.45, 2.75) is 13.8 Å². The minimum atomic E-state index is 0.366. The van der Waals surface area contributed by atoms with Crippen LogP contribution >= 0.6 is 39.7 Å². The average Bonchev–Trinajstić information content (AvgIpc) is 2.37. The quantitative estimate of drug-likeness (QED) is 0.739. The van der Waals surface area contributed by atoms with Gasteiger partial charge >= 0.3 is 0 Å². The molecular weight excluding hydrogens is 356 g/mol. The number of halogens is 2. The van der Waals surface area contributed by atoms with Gasteiger partial charge in [-0.15, -0.1) is 0 Å². The first-order chi connectivity index (χ1) is 9.40. The lowest BCUT2D eigenvalue weighted by Gasteiger charge is -2.16. The number of anilines is 2. The average molecular weight is 370 g/mol. The van der Waals surface area contributed by atoms with E-state index >= 15 is 0 Å². The lowest BCUT2D eigenvalue weighted by molar-refractivity contribution is 1.39. The summed E-state index contributed by atoms with van der Waals surface area (Å²) >= 11 is 14.8. The van der Waals surface area contributed by atoms with Crippen LogP contribution < -0.4 is 11.1 Å². The normalized spacial score (nSPS) is 10.4. The van der Waals surface area contributed by atoms with Crippen LogP contribution in [-0.2, 0) is 0 Å². The number of nitrogens with one attached hydrogen (secondary N) is 1. The molecule has 0 bridgehead atoms. The van der Waals surface area contributed by atoms with E-state index in [1.165, 1.54) is 0 Å². The van der Waals surface area contributed by atoms with Crippen molar-refractivity contribution < 1.29 is 0 Å². The number of aryl methyl sites for hydroxylation is 2. The van der Waals surface area contributed by atoms with Crippen LogP contribution in [0.3, 0.4) is 0 Å². The third-order valence-electron chi connectivity index (χ3n) is 3.05. The van der Waals surface area contributed by atoms with E-state index in [1.54, 1.807) is 0 Å². The molecule has 0 unspecified atom stereocenters. The maximum Gasteiger partial charge on any atom is 0.106 e. The summed E-state index contributed by atoms with van der Waals surface area (Å²) in [5.41, 5.74) is 10.5. The minimum Gasteiger partial charge on any atom is -0.389 e. The van der Waals surface area contributed by atoms with Crippen LogP contribution in [0, 0.1) is 13.8 Å². The minimum absolute atomic E-state index is 0.366. The van der Waals surface area contributed by atoms with Crippen LogP contribution in [0.1, 0.15) is 16.7 Å². The molecule has 0 spiro atoms. The zero-order valence-corrected chi connectivity index (χ0v) is 14.3. The monoisotopic (exact) mass is 368 g/mol. The molecule has 2 aromatic rings. The fourth-order valence-electron chi connectivity index (χ4n) is 1.92. The van der Waals surface area contributed by atoms with Crippen LogP contribution in [0.4, 0.5) is 11.4 Å². The fraction of sp³-hybridized carbons (Fsp3) is 0.133. The van der Waals surface area contributed by atoms with Gasteiger partial charge in [-0.25, -0.2) is 0 Å². The molecule has 3 N–H and O–H groups in total. The number of rotatable bonds is 3. The van der Waals surface area contributed by atoms with E-state index in [9.17, 15) is 0 Å². The zero-order valence-electron chi connectivity index (χ0n) is 11.1. The Morgan fingerprint density at radius 1 is 1.25 bits per heavy atom. The Bertz CT molecular complexity index is 686. The van der Waals surface area contributed by atoms with Gasteiger partial charge in [0.1, 0.15) is 4.99 Å². The summed E-state index contributed by atoms with van der Waals surface area (Å²) in [7, 11) is 0. The van der Waals surface area contributed by atoms with Crippen LogP contribution in [0.25, 0.3) is 0 Å². The molecule has 0 aromatic heterocycles. The van der Waals surface area contributed by atoms with Crippen LogP contribution in [0.5, 0.6) is 0 Å². The maximum atomic E-state index is 6.18. The third kappa shape index (κ3) is 3.14. The highest BCUT2D eigenvalue weighted by atomic mass is 79.9. The summed E-state index contributed by atoms with van der Waals surface area (Å²) in [6.07, 6.45) is 0. The molecule has 2 nitrogen and oxygen atoms in total. The van der Waals surface area contributed by atoms with Crippen molar-refractivity contribution in [1.29, 1.82) is 0 Å². The van der Waals surface area contributed by atoms with Gasteiger partial charge < -0.3 is 11.1 Å². The van der Waals surface area contributed by atoms with Gasteiger partial charge in [-0.3, -0.25) is 0 Å². The first kappa shape index (κ1) is 15.3. The van der Waals surface area contributed by atoms with Gasteiger partial charge in [0.2, 0.25) is 0 Å². The Kier molecular flexibility index (Phi) is 4.68. The van der Waals surface area contributed by atoms with Crippen molar-refractivity contribution in [3.8, 4) is 0 Å². The van der Waals surface area contributed by atoms with E-state index in [4.69, 9.17) is 29.6 Å². The Hall–Kier alpha value is -1.10. The molecule has 0 aliphatic rings. The predicted molar refractivity (Wildman–Crippen MR) is 94.2 cm³/mol. The summed E-state index contributed by atoms with van der Waals surface area (Å²) in [4.78, 5) is 0.366. The Labute approximate surface area is 137 Å². The van der Waals surface area contributed by atoms with Crippen LogP contribution in [0.15, 0.2) is 34.8 Å². The molecule has 0 aliphatic carbocycles. The summed E-state index contributed by atoms with van der Waals surface area (Å²) in [6, 6.07) is 9.71. The molecule has 2 aromatic carbocycles. The van der Waals surface area contributed by atoms with Crippen molar-refractivity contribution in [3.05, 3.63) is 56.5 Å². The molecule has 0 heterocycles. The lowest BCUT2D eigenvalue weighted by Crippen LogP contribution is -2.12. The molecule has 0 amide bonds. The molecule has 0 aliphatic heterocycles. The predicted octanol–water partition coefficient (Wildman–Crippen LogP) is 5.10. The molecule has 104 valence electrons. The highest BCUT2D eigenvalue weighted by Crippen LogP contribution is 2.33. The van der Waals surface area contributed by atoms with E-state index < -0.39 is 0 Å². The van der Waals surface area contributed by atoms with Gasteiger partial charge in [0, 0.05) is 15.1 Å². The van der Waals surface area contributed by atoms with Gasteiger partial charge in [-0.05, 0) is 59.1 Å². The summed E-state index contributed by atoms with van der Waals surface area (Å²) in [6.45, 7) is 3.97. The van der Waals surface area contributed by atoms with Crippen molar-refractivity contribution in [3.63, 3.8) is 0 Å². The Morgan fingerprint density at radius 3 is 2.60 bits per heavy atom. The molecule has 20 heavy (non-hydrogen) atoms. The number of benzene rings is 2. The van der Waals surface area contributed by atoms with Crippen molar-refractivity contribution in [1.82, 2.24) is 0 Å². The first-order valence-corrected chi connectivity index (χ1v) is 7.60. The van der Waals surface area contributed by atoms with E-state index in [-0.39, 0.29) is 0 Å². The number of thiocarbonyl (C=S) groups is 1. The summed E-state index contributed by atoms with van der Waals surface area (Å²) in [5.74, 6) is 0. The third-order valence-corrected chi connectivity index (χ3v) is 4.33. The number of hydrogen-bond acceptors (Lipinski definition) is 2. The van der Waals surface area contributed by atoms with Crippen molar-refractivity contribution in [2.75, 3.05) is 5.32 Å². The standard InChI is InChI=1S/C15H14BrClN2S/c1-8-4-3-5-10(15(18)20)14(8)19-13-7-12(17)9(2)6-11(13)16/h3-7,19H,1-2H3,(H2,18,20). The van der Waals surface area contributed by atoms with Crippen molar-refractivity contribution >= 4 is 56.1 Å². The summed E-state index contributed by atoms with van der Waals surface area (Å²) < 4.78 is 0.941. The molecule has 0 saturated heterocycles. The Balaban J connectivity index is 2.50. The zero-order chi connectivity index (χ0) is 14.9. The highest BCUT2D eigenvalue weighted by molar-refractivity contribution is 9.10.